The van der Waals surface area contributed by atoms with Crippen LogP contribution in [0.2, 0.25) is 0 Å². The van der Waals surface area contributed by atoms with Crippen LogP contribution < -0.4 is 0 Å². The molecular formula is C12H13NO3. The van der Waals surface area contributed by atoms with Crippen molar-refractivity contribution in [3.63, 3.8) is 0 Å². The lowest BCUT2D eigenvalue weighted by Gasteiger charge is -2.01. The topological polar surface area (TPSA) is 47.9 Å². The van der Waals surface area contributed by atoms with Crippen molar-refractivity contribution in [1.29, 1.82) is 0 Å². The van der Waals surface area contributed by atoms with Crippen molar-refractivity contribution in [3.05, 3.63) is 35.4 Å². The molecule has 0 aliphatic carbocycles. The van der Waals surface area contributed by atoms with Crippen LogP contribution in [0.5, 0.6) is 0 Å². The lowest BCUT2D eigenvalue weighted by atomic mass is 10.1. The Morgan fingerprint density at radius 1 is 1.56 bits per heavy atom. The Kier molecular flexibility index (Phi) is 2.90. The zero-order valence-electron chi connectivity index (χ0n) is 9.27. The van der Waals surface area contributed by atoms with Gasteiger partial charge in [0.15, 0.2) is 6.04 Å². The van der Waals surface area contributed by atoms with Gasteiger partial charge in [-0.1, -0.05) is 17.7 Å². The van der Waals surface area contributed by atoms with Gasteiger partial charge in [0.25, 0.3) is 0 Å². The molecule has 4 nitrogen and oxygen atoms in total. The molecule has 1 unspecified atom stereocenters. The van der Waals surface area contributed by atoms with E-state index in [4.69, 9.17) is 4.74 Å². The molecule has 1 heterocycles. The van der Waals surface area contributed by atoms with Crippen LogP contribution in [0.25, 0.3) is 0 Å². The number of carbonyl (C=O) groups excluding carboxylic acids is 1. The first-order valence-corrected chi connectivity index (χ1v) is 5.06. The van der Waals surface area contributed by atoms with Gasteiger partial charge in [-0.25, -0.2) is 9.79 Å². The van der Waals surface area contributed by atoms with E-state index in [2.05, 4.69) is 9.73 Å². The van der Waals surface area contributed by atoms with Crippen LogP contribution in [0, 0.1) is 6.92 Å². The van der Waals surface area contributed by atoms with Crippen molar-refractivity contribution in [3.8, 4) is 0 Å². The highest BCUT2D eigenvalue weighted by atomic mass is 16.5. The minimum Gasteiger partial charge on any atom is -0.475 e. The lowest BCUT2D eigenvalue weighted by molar-refractivity contribution is -0.142. The maximum absolute atomic E-state index is 11.2. The first-order chi connectivity index (χ1) is 7.70. The van der Waals surface area contributed by atoms with Crippen LogP contribution >= 0.6 is 0 Å². The van der Waals surface area contributed by atoms with E-state index >= 15 is 0 Å². The Balaban J connectivity index is 2.21. The molecule has 1 aromatic rings. The van der Waals surface area contributed by atoms with Gasteiger partial charge in [-0.3, -0.25) is 0 Å². The van der Waals surface area contributed by atoms with E-state index in [9.17, 15) is 4.79 Å². The summed E-state index contributed by atoms with van der Waals surface area (Å²) < 4.78 is 9.99. The van der Waals surface area contributed by atoms with Gasteiger partial charge in [-0.05, 0) is 19.1 Å². The largest absolute Gasteiger partial charge is 0.475 e. The highest BCUT2D eigenvalue weighted by Crippen LogP contribution is 2.14. The van der Waals surface area contributed by atoms with E-state index in [1.54, 1.807) is 0 Å². The number of aliphatic imine (C=N–C) groups is 1. The van der Waals surface area contributed by atoms with Crippen LogP contribution in [0.4, 0.5) is 0 Å². The third-order valence-corrected chi connectivity index (χ3v) is 2.39. The molecule has 1 aromatic carbocycles. The number of nitrogens with zero attached hydrogens (tertiary/aromatic N) is 1. The molecule has 0 bridgehead atoms. The molecule has 0 N–H and O–H groups in total. The second kappa shape index (κ2) is 4.35. The Hall–Kier alpha value is -1.84. The zero-order chi connectivity index (χ0) is 11.5. The summed E-state index contributed by atoms with van der Waals surface area (Å²) in [5, 5.41) is 0. The van der Waals surface area contributed by atoms with Gasteiger partial charge in [-0.2, -0.15) is 0 Å². The molecule has 2 rings (SSSR count). The minimum absolute atomic E-state index is 0.260. The van der Waals surface area contributed by atoms with E-state index in [1.165, 1.54) is 7.11 Å². The minimum atomic E-state index is -0.527. The standard InChI is InChI=1S/C12H13NO3/c1-8-4-3-5-9(6-8)11-13-10(7-16-11)12(14)15-2/h3-6,10H,7H2,1-2H3. The fraction of sp³-hybridized carbons (Fsp3) is 0.333. The summed E-state index contributed by atoms with van der Waals surface area (Å²) >= 11 is 0. The predicted molar refractivity (Wildman–Crippen MR) is 59.5 cm³/mol. The summed E-state index contributed by atoms with van der Waals surface area (Å²) in [5.41, 5.74) is 2.02. The number of aryl methyl sites for hydroxylation is 1. The van der Waals surface area contributed by atoms with Crippen LogP contribution in [0.1, 0.15) is 11.1 Å². The Labute approximate surface area is 93.9 Å². The number of benzene rings is 1. The van der Waals surface area contributed by atoms with Gasteiger partial charge >= 0.3 is 5.97 Å². The Morgan fingerprint density at radius 3 is 3.06 bits per heavy atom. The van der Waals surface area contributed by atoms with Gasteiger partial charge in [0.05, 0.1) is 7.11 Å². The molecular weight excluding hydrogens is 206 g/mol. The molecule has 1 atom stereocenters. The number of ether oxygens (including phenoxy) is 2. The third-order valence-electron chi connectivity index (χ3n) is 2.39. The maximum atomic E-state index is 11.2. The van der Waals surface area contributed by atoms with E-state index in [0.717, 1.165) is 11.1 Å². The molecule has 0 saturated heterocycles. The van der Waals surface area contributed by atoms with Gasteiger partial charge < -0.3 is 9.47 Å². The maximum Gasteiger partial charge on any atom is 0.334 e. The SMILES string of the molecule is COC(=O)C1COC(c2cccc(C)c2)=N1. The number of esters is 1. The van der Waals surface area contributed by atoms with E-state index in [1.807, 2.05) is 31.2 Å². The van der Waals surface area contributed by atoms with Gasteiger partial charge in [0, 0.05) is 5.56 Å². The number of methoxy groups -OCH3 is 1. The number of hydrogen-bond acceptors (Lipinski definition) is 4. The molecule has 0 radical (unpaired) electrons. The second-order valence-electron chi connectivity index (χ2n) is 3.65. The molecule has 1 aliphatic rings. The average Bonchev–Trinajstić information content (AvgIpc) is 2.77. The normalized spacial score (nSPS) is 18.9. The van der Waals surface area contributed by atoms with Crippen LogP contribution in [0.3, 0.4) is 0 Å². The molecule has 0 aromatic heterocycles. The average molecular weight is 219 g/mol. The molecule has 0 amide bonds. The molecule has 16 heavy (non-hydrogen) atoms. The summed E-state index contributed by atoms with van der Waals surface area (Å²) in [7, 11) is 1.35. The monoisotopic (exact) mass is 219 g/mol. The summed E-state index contributed by atoms with van der Waals surface area (Å²) in [6, 6.07) is 7.28. The summed E-state index contributed by atoms with van der Waals surface area (Å²) in [5.74, 6) is 0.154. The first kappa shape index (κ1) is 10.7. The quantitative estimate of drug-likeness (QED) is 0.705. The Morgan fingerprint density at radius 2 is 2.38 bits per heavy atom. The van der Waals surface area contributed by atoms with Crippen molar-refractivity contribution in [2.75, 3.05) is 13.7 Å². The van der Waals surface area contributed by atoms with Crippen molar-refractivity contribution in [2.24, 2.45) is 4.99 Å². The van der Waals surface area contributed by atoms with Crippen molar-refractivity contribution >= 4 is 11.9 Å². The van der Waals surface area contributed by atoms with E-state index in [0.29, 0.717) is 5.90 Å². The summed E-state index contributed by atoms with van der Waals surface area (Å²) in [6.07, 6.45) is 0. The molecule has 0 saturated carbocycles. The molecule has 4 heteroatoms. The van der Waals surface area contributed by atoms with Crippen molar-refractivity contribution < 1.29 is 14.3 Å². The number of hydrogen-bond donors (Lipinski definition) is 0. The van der Waals surface area contributed by atoms with Crippen LogP contribution in [-0.4, -0.2) is 31.6 Å². The molecule has 0 fully saturated rings. The lowest BCUT2D eigenvalue weighted by Crippen LogP contribution is -2.21. The fourth-order valence-corrected chi connectivity index (χ4v) is 1.57. The molecule has 1 aliphatic heterocycles. The van der Waals surface area contributed by atoms with Gasteiger partial charge in [0.1, 0.15) is 6.61 Å². The number of rotatable bonds is 2. The predicted octanol–water partition coefficient (Wildman–Crippen LogP) is 1.31. The van der Waals surface area contributed by atoms with E-state index < -0.39 is 6.04 Å². The smallest absolute Gasteiger partial charge is 0.334 e. The van der Waals surface area contributed by atoms with Gasteiger partial charge in [0.2, 0.25) is 5.90 Å². The van der Waals surface area contributed by atoms with Crippen LogP contribution in [0.15, 0.2) is 29.3 Å². The molecule has 0 spiro atoms. The van der Waals surface area contributed by atoms with Crippen LogP contribution in [-0.2, 0) is 14.3 Å². The molecule has 84 valence electrons. The highest BCUT2D eigenvalue weighted by molar-refractivity contribution is 5.97. The summed E-state index contributed by atoms with van der Waals surface area (Å²) in [6.45, 7) is 2.26. The third kappa shape index (κ3) is 2.05. The second-order valence-corrected chi connectivity index (χ2v) is 3.65. The van der Waals surface area contributed by atoms with Gasteiger partial charge in [-0.15, -0.1) is 0 Å². The fourth-order valence-electron chi connectivity index (χ4n) is 1.57. The van der Waals surface area contributed by atoms with Crippen molar-refractivity contribution in [1.82, 2.24) is 0 Å². The Bertz CT molecular complexity index is 440. The van der Waals surface area contributed by atoms with E-state index in [-0.39, 0.29) is 12.6 Å². The number of carbonyl (C=O) groups is 1. The first-order valence-electron chi connectivity index (χ1n) is 5.06. The van der Waals surface area contributed by atoms with Crippen molar-refractivity contribution in [2.45, 2.75) is 13.0 Å². The summed E-state index contributed by atoms with van der Waals surface area (Å²) in [4.78, 5) is 15.4. The zero-order valence-corrected chi connectivity index (χ0v) is 9.27. The highest BCUT2D eigenvalue weighted by Gasteiger charge is 2.27.